The van der Waals surface area contributed by atoms with Crippen LogP contribution in [-0.4, -0.2) is 22.1 Å². The second-order valence-electron chi connectivity index (χ2n) is 6.27. The Hall–Kier alpha value is -2.11. The van der Waals surface area contributed by atoms with Gasteiger partial charge in [-0.3, -0.25) is 0 Å². The smallest absolute Gasteiger partial charge is 0.326 e. The molecule has 1 aromatic heterocycles. The van der Waals surface area contributed by atoms with Crippen LogP contribution in [0.5, 0.6) is 0 Å². The van der Waals surface area contributed by atoms with E-state index >= 15 is 0 Å². The fraction of sp³-hybridized carbons (Fsp3) is 0.263. The number of fused-ring (bicyclic) bond motifs is 1. The van der Waals surface area contributed by atoms with E-state index in [1.807, 2.05) is 18.2 Å². The predicted octanol–water partition coefficient (Wildman–Crippen LogP) is 5.18. The quantitative estimate of drug-likeness (QED) is 0.624. The van der Waals surface area contributed by atoms with E-state index in [-0.39, 0.29) is 0 Å². The maximum Gasteiger partial charge on any atom is 0.326 e. The number of thiazole rings is 1. The van der Waals surface area contributed by atoms with Crippen LogP contribution in [-0.2, 0) is 11.2 Å². The number of benzene rings is 2. The lowest BCUT2D eigenvalue weighted by Crippen LogP contribution is -2.31. The molecule has 3 aromatic rings. The van der Waals surface area contributed by atoms with Crippen LogP contribution in [0.2, 0.25) is 5.02 Å². The minimum Gasteiger partial charge on any atom is -0.480 e. The van der Waals surface area contributed by atoms with Gasteiger partial charge in [-0.25, -0.2) is 9.78 Å². The zero-order valence-corrected chi connectivity index (χ0v) is 15.6. The van der Waals surface area contributed by atoms with E-state index in [0.29, 0.717) is 22.5 Å². The maximum absolute atomic E-state index is 11.6. The molecule has 0 aliphatic carbocycles. The fourth-order valence-corrected chi connectivity index (χ4v) is 3.66. The van der Waals surface area contributed by atoms with Gasteiger partial charge in [0.2, 0.25) is 0 Å². The monoisotopic (exact) mass is 374 g/mol. The van der Waals surface area contributed by atoms with Gasteiger partial charge in [0.05, 0.1) is 10.2 Å². The molecule has 0 spiro atoms. The molecule has 4 nitrogen and oxygen atoms in total. The van der Waals surface area contributed by atoms with Crippen LogP contribution < -0.4 is 5.32 Å². The Morgan fingerprint density at radius 3 is 2.60 bits per heavy atom. The molecule has 0 aliphatic heterocycles. The van der Waals surface area contributed by atoms with Gasteiger partial charge in [-0.1, -0.05) is 55.0 Å². The third kappa shape index (κ3) is 4.30. The van der Waals surface area contributed by atoms with Crippen LogP contribution >= 0.6 is 22.9 Å². The van der Waals surface area contributed by atoms with Gasteiger partial charge in [0.1, 0.15) is 6.04 Å². The SMILES string of the molecule is CC(C)c1ccc2nc(NC(Cc3ccc(Cl)cc3)C(=O)O)sc2c1. The Labute approximate surface area is 155 Å². The maximum atomic E-state index is 11.6. The number of halogens is 1. The van der Waals surface area contributed by atoms with Gasteiger partial charge in [0.15, 0.2) is 5.13 Å². The average molecular weight is 375 g/mol. The number of carboxylic acids is 1. The highest BCUT2D eigenvalue weighted by Crippen LogP contribution is 2.29. The van der Waals surface area contributed by atoms with Crippen molar-refractivity contribution in [2.45, 2.75) is 32.2 Å². The minimum atomic E-state index is -0.905. The summed E-state index contributed by atoms with van der Waals surface area (Å²) in [5.74, 6) is -0.461. The van der Waals surface area contributed by atoms with Crippen molar-refractivity contribution >= 4 is 44.3 Å². The molecule has 0 bridgehead atoms. The molecule has 6 heteroatoms. The molecule has 3 rings (SSSR count). The van der Waals surface area contributed by atoms with E-state index in [0.717, 1.165) is 15.8 Å². The summed E-state index contributed by atoms with van der Waals surface area (Å²) >= 11 is 7.36. The summed E-state index contributed by atoms with van der Waals surface area (Å²) < 4.78 is 1.06. The first kappa shape index (κ1) is 17.7. The lowest BCUT2D eigenvalue weighted by molar-refractivity contribution is -0.137. The summed E-state index contributed by atoms with van der Waals surface area (Å²) in [6, 6.07) is 12.6. The molecule has 0 fully saturated rings. The third-order valence-corrected chi connectivity index (χ3v) is 5.23. The molecule has 1 atom stereocenters. The van der Waals surface area contributed by atoms with Crippen molar-refractivity contribution in [1.29, 1.82) is 0 Å². The predicted molar refractivity (Wildman–Crippen MR) is 104 cm³/mol. The number of hydrogen-bond donors (Lipinski definition) is 2. The largest absolute Gasteiger partial charge is 0.480 e. The second kappa shape index (κ2) is 7.42. The highest BCUT2D eigenvalue weighted by Gasteiger charge is 2.19. The van der Waals surface area contributed by atoms with Crippen molar-refractivity contribution in [3.05, 3.63) is 58.6 Å². The number of aromatic nitrogens is 1. The van der Waals surface area contributed by atoms with Crippen molar-refractivity contribution in [2.75, 3.05) is 5.32 Å². The van der Waals surface area contributed by atoms with Crippen molar-refractivity contribution < 1.29 is 9.90 Å². The number of carbonyl (C=O) groups is 1. The molecule has 0 saturated carbocycles. The summed E-state index contributed by atoms with van der Waals surface area (Å²) in [6.45, 7) is 4.29. The van der Waals surface area contributed by atoms with Gasteiger partial charge in [-0.05, 0) is 41.3 Å². The Bertz CT molecular complexity index is 890. The van der Waals surface area contributed by atoms with Crippen LogP contribution in [0.1, 0.15) is 30.9 Å². The van der Waals surface area contributed by atoms with E-state index in [9.17, 15) is 9.90 Å². The summed E-state index contributed by atoms with van der Waals surface area (Å²) in [7, 11) is 0. The molecule has 2 N–H and O–H groups in total. The topological polar surface area (TPSA) is 62.2 Å². The highest BCUT2D eigenvalue weighted by molar-refractivity contribution is 7.22. The Morgan fingerprint density at radius 1 is 1.24 bits per heavy atom. The average Bonchev–Trinajstić information content (AvgIpc) is 2.97. The molecule has 0 aliphatic rings. The zero-order valence-electron chi connectivity index (χ0n) is 14.0. The number of nitrogens with zero attached hydrogens (tertiary/aromatic N) is 1. The van der Waals surface area contributed by atoms with Gasteiger partial charge in [0.25, 0.3) is 0 Å². The number of rotatable bonds is 6. The molecule has 2 aromatic carbocycles. The molecule has 1 heterocycles. The van der Waals surface area contributed by atoms with Gasteiger partial charge >= 0.3 is 5.97 Å². The summed E-state index contributed by atoms with van der Waals surface area (Å²) in [5, 5.41) is 13.8. The van der Waals surface area contributed by atoms with Gasteiger partial charge in [-0.2, -0.15) is 0 Å². The minimum absolute atomic E-state index is 0.361. The third-order valence-electron chi connectivity index (χ3n) is 4.03. The van der Waals surface area contributed by atoms with Crippen molar-refractivity contribution in [3.8, 4) is 0 Å². The number of nitrogens with one attached hydrogen (secondary N) is 1. The first-order valence-electron chi connectivity index (χ1n) is 8.06. The molecule has 130 valence electrons. The molecular weight excluding hydrogens is 356 g/mol. The molecule has 0 radical (unpaired) electrons. The zero-order chi connectivity index (χ0) is 18.0. The summed E-state index contributed by atoms with van der Waals surface area (Å²) in [5.41, 5.74) is 3.04. The van der Waals surface area contributed by atoms with Crippen molar-refractivity contribution in [1.82, 2.24) is 4.98 Å². The van der Waals surface area contributed by atoms with E-state index in [1.165, 1.54) is 16.9 Å². The van der Waals surface area contributed by atoms with E-state index in [1.54, 1.807) is 12.1 Å². The van der Waals surface area contributed by atoms with Crippen molar-refractivity contribution in [2.24, 2.45) is 0 Å². The number of carboxylic acid groups (broad SMARTS) is 1. The highest BCUT2D eigenvalue weighted by atomic mass is 35.5. The van der Waals surface area contributed by atoms with Crippen LogP contribution in [0.15, 0.2) is 42.5 Å². The molecule has 25 heavy (non-hydrogen) atoms. The van der Waals surface area contributed by atoms with Crippen molar-refractivity contribution in [3.63, 3.8) is 0 Å². The van der Waals surface area contributed by atoms with Gasteiger partial charge in [-0.15, -0.1) is 0 Å². The Morgan fingerprint density at radius 2 is 1.96 bits per heavy atom. The first-order valence-corrected chi connectivity index (χ1v) is 9.26. The number of aliphatic carboxylic acids is 1. The van der Waals surface area contributed by atoms with E-state index in [2.05, 4.69) is 36.3 Å². The molecule has 1 unspecified atom stereocenters. The van der Waals surface area contributed by atoms with Gasteiger partial charge in [0, 0.05) is 11.4 Å². The lowest BCUT2D eigenvalue weighted by atomic mass is 10.0. The van der Waals surface area contributed by atoms with Crippen LogP contribution in [0.25, 0.3) is 10.2 Å². The van der Waals surface area contributed by atoms with Crippen LogP contribution in [0, 0.1) is 0 Å². The van der Waals surface area contributed by atoms with E-state index < -0.39 is 12.0 Å². The van der Waals surface area contributed by atoms with E-state index in [4.69, 9.17) is 11.6 Å². The Balaban J connectivity index is 1.80. The lowest BCUT2D eigenvalue weighted by Gasteiger charge is -2.13. The summed E-state index contributed by atoms with van der Waals surface area (Å²) in [4.78, 5) is 16.1. The number of hydrogen-bond acceptors (Lipinski definition) is 4. The molecule has 0 amide bonds. The molecule has 0 saturated heterocycles. The van der Waals surface area contributed by atoms with Crippen LogP contribution in [0.4, 0.5) is 5.13 Å². The first-order chi connectivity index (χ1) is 11.9. The normalized spacial score (nSPS) is 12.5. The standard InChI is InChI=1S/C19H19ClN2O2S/c1-11(2)13-5-8-15-17(10-13)25-19(21-15)22-16(18(23)24)9-12-3-6-14(20)7-4-12/h3-8,10-11,16H,9H2,1-2H3,(H,21,22)(H,23,24). The summed E-state index contributed by atoms with van der Waals surface area (Å²) in [6.07, 6.45) is 0.361. The Kier molecular flexibility index (Phi) is 5.25. The molecular formula is C19H19ClN2O2S. The fourth-order valence-electron chi connectivity index (χ4n) is 2.57. The van der Waals surface area contributed by atoms with Crippen LogP contribution in [0.3, 0.4) is 0 Å². The van der Waals surface area contributed by atoms with Gasteiger partial charge < -0.3 is 10.4 Å². The second-order valence-corrected chi connectivity index (χ2v) is 7.73. The number of anilines is 1.